The maximum Gasteiger partial charge on any atom is 0.256 e. The Morgan fingerprint density at radius 1 is 1.15 bits per heavy atom. The molecule has 104 valence electrons. The van der Waals surface area contributed by atoms with Gasteiger partial charge in [-0.25, -0.2) is 0 Å². The molecule has 0 saturated heterocycles. The van der Waals surface area contributed by atoms with Crippen LogP contribution in [0.25, 0.3) is 0 Å². The van der Waals surface area contributed by atoms with E-state index in [1.54, 1.807) is 6.07 Å². The van der Waals surface area contributed by atoms with Gasteiger partial charge in [0.25, 0.3) is 5.91 Å². The molecule has 0 radical (unpaired) electrons. The Morgan fingerprint density at radius 3 is 2.50 bits per heavy atom. The van der Waals surface area contributed by atoms with E-state index in [1.165, 1.54) is 0 Å². The summed E-state index contributed by atoms with van der Waals surface area (Å²) < 4.78 is 0.915. The summed E-state index contributed by atoms with van der Waals surface area (Å²) in [5.41, 5.74) is 10.9. The Morgan fingerprint density at radius 2 is 1.80 bits per heavy atom. The minimum Gasteiger partial charge on any atom is -0.397 e. The highest BCUT2D eigenvalue weighted by molar-refractivity contribution is 9.10. The molecule has 0 heterocycles. The molecule has 1 amide bonds. The van der Waals surface area contributed by atoms with Crippen molar-refractivity contribution in [2.45, 2.75) is 20.8 Å². The van der Waals surface area contributed by atoms with Gasteiger partial charge in [0.05, 0.1) is 11.4 Å². The maximum absolute atomic E-state index is 12.3. The summed E-state index contributed by atoms with van der Waals surface area (Å²) in [6, 6.07) is 9.33. The fourth-order valence-electron chi connectivity index (χ4n) is 1.99. The fourth-order valence-corrected chi connectivity index (χ4v) is 2.36. The van der Waals surface area contributed by atoms with Crippen LogP contribution in [0.1, 0.15) is 27.0 Å². The van der Waals surface area contributed by atoms with E-state index in [4.69, 9.17) is 5.73 Å². The number of halogens is 1. The molecule has 0 aromatic heterocycles. The fraction of sp³-hybridized carbons (Fsp3) is 0.188. The van der Waals surface area contributed by atoms with Crippen LogP contribution in [0.3, 0.4) is 0 Å². The molecule has 3 N–H and O–H groups in total. The summed E-state index contributed by atoms with van der Waals surface area (Å²) in [6.07, 6.45) is 0. The summed E-state index contributed by atoms with van der Waals surface area (Å²) >= 11 is 3.43. The highest BCUT2D eigenvalue weighted by Gasteiger charge is 2.12. The summed E-state index contributed by atoms with van der Waals surface area (Å²) in [5, 5.41) is 2.88. The molecular formula is C16H17BrN2O. The highest BCUT2D eigenvalue weighted by Crippen LogP contribution is 2.25. The van der Waals surface area contributed by atoms with E-state index in [0.29, 0.717) is 16.9 Å². The lowest BCUT2D eigenvalue weighted by Gasteiger charge is -2.12. The lowest BCUT2D eigenvalue weighted by Crippen LogP contribution is -2.15. The number of benzene rings is 2. The van der Waals surface area contributed by atoms with Crippen LogP contribution in [0, 0.1) is 20.8 Å². The second-order valence-electron chi connectivity index (χ2n) is 4.89. The lowest BCUT2D eigenvalue weighted by atomic mass is 10.1. The predicted octanol–water partition coefficient (Wildman–Crippen LogP) is 4.21. The highest BCUT2D eigenvalue weighted by atomic mass is 79.9. The van der Waals surface area contributed by atoms with Crippen LogP contribution < -0.4 is 11.1 Å². The van der Waals surface area contributed by atoms with Crippen molar-refractivity contribution in [3.63, 3.8) is 0 Å². The van der Waals surface area contributed by atoms with E-state index in [9.17, 15) is 4.79 Å². The summed E-state index contributed by atoms with van der Waals surface area (Å²) in [4.78, 5) is 12.3. The smallest absolute Gasteiger partial charge is 0.256 e. The first-order chi connectivity index (χ1) is 9.40. The second kappa shape index (κ2) is 5.67. The van der Waals surface area contributed by atoms with Crippen LogP contribution in [-0.2, 0) is 0 Å². The van der Waals surface area contributed by atoms with E-state index >= 15 is 0 Å². The summed E-state index contributed by atoms with van der Waals surface area (Å²) in [7, 11) is 0. The third-order valence-electron chi connectivity index (χ3n) is 3.43. The average Bonchev–Trinajstić information content (AvgIpc) is 2.39. The second-order valence-corrected chi connectivity index (χ2v) is 5.74. The Kier molecular flexibility index (Phi) is 4.14. The van der Waals surface area contributed by atoms with Crippen LogP contribution in [0.2, 0.25) is 0 Å². The quantitative estimate of drug-likeness (QED) is 0.809. The molecule has 0 fully saturated rings. The molecule has 0 aliphatic rings. The van der Waals surface area contributed by atoms with Crippen LogP contribution in [0.5, 0.6) is 0 Å². The number of hydrogen-bond acceptors (Lipinski definition) is 2. The topological polar surface area (TPSA) is 55.1 Å². The first-order valence-corrected chi connectivity index (χ1v) is 7.12. The molecule has 2 aromatic rings. The molecule has 20 heavy (non-hydrogen) atoms. The van der Waals surface area contributed by atoms with E-state index in [2.05, 4.69) is 21.2 Å². The van der Waals surface area contributed by atoms with Gasteiger partial charge in [-0.05, 0) is 61.7 Å². The van der Waals surface area contributed by atoms with Crippen molar-refractivity contribution in [3.8, 4) is 0 Å². The van der Waals surface area contributed by atoms with Gasteiger partial charge in [-0.3, -0.25) is 4.79 Å². The van der Waals surface area contributed by atoms with Crippen molar-refractivity contribution in [3.05, 3.63) is 57.1 Å². The van der Waals surface area contributed by atoms with Crippen LogP contribution in [0.15, 0.2) is 34.8 Å². The standard InChI is InChI=1S/C16H17BrN2O/c1-9-7-14(18)15(8-10(9)2)19-16(20)12-5-4-6-13(17)11(12)3/h4-8H,18H2,1-3H3,(H,19,20). The van der Waals surface area contributed by atoms with Gasteiger partial charge in [0, 0.05) is 10.0 Å². The molecule has 0 spiro atoms. The third-order valence-corrected chi connectivity index (χ3v) is 4.29. The van der Waals surface area contributed by atoms with Gasteiger partial charge in [0.1, 0.15) is 0 Å². The lowest BCUT2D eigenvalue weighted by molar-refractivity contribution is 0.102. The zero-order valence-corrected chi connectivity index (χ0v) is 13.3. The molecule has 4 heteroatoms. The average molecular weight is 333 g/mol. The first-order valence-electron chi connectivity index (χ1n) is 6.33. The largest absolute Gasteiger partial charge is 0.397 e. The molecule has 0 atom stereocenters. The number of nitrogen functional groups attached to an aromatic ring is 1. The first kappa shape index (κ1) is 14.6. The van der Waals surface area contributed by atoms with Gasteiger partial charge in [-0.1, -0.05) is 22.0 Å². The minimum absolute atomic E-state index is 0.154. The molecule has 2 rings (SSSR count). The maximum atomic E-state index is 12.3. The number of rotatable bonds is 2. The van der Waals surface area contributed by atoms with Crippen molar-refractivity contribution in [1.29, 1.82) is 0 Å². The monoisotopic (exact) mass is 332 g/mol. The molecule has 3 nitrogen and oxygen atoms in total. The zero-order valence-electron chi connectivity index (χ0n) is 11.8. The Labute approximate surface area is 127 Å². The van der Waals surface area contributed by atoms with Crippen molar-refractivity contribution in [1.82, 2.24) is 0 Å². The molecule has 2 aromatic carbocycles. The number of amides is 1. The van der Waals surface area contributed by atoms with Gasteiger partial charge < -0.3 is 11.1 Å². The number of nitrogens with one attached hydrogen (secondary N) is 1. The normalized spacial score (nSPS) is 10.4. The zero-order chi connectivity index (χ0) is 14.9. The SMILES string of the molecule is Cc1cc(N)c(NC(=O)c2cccc(Br)c2C)cc1C. The van der Waals surface area contributed by atoms with Crippen LogP contribution >= 0.6 is 15.9 Å². The Bertz CT molecular complexity index is 680. The number of aryl methyl sites for hydroxylation is 2. The molecule has 0 saturated carbocycles. The number of carbonyl (C=O) groups is 1. The number of anilines is 2. The molecule has 0 unspecified atom stereocenters. The number of hydrogen-bond donors (Lipinski definition) is 2. The van der Waals surface area contributed by atoms with Gasteiger partial charge in [-0.15, -0.1) is 0 Å². The number of nitrogens with two attached hydrogens (primary N) is 1. The summed E-state index contributed by atoms with van der Waals surface area (Å²) in [6.45, 7) is 5.90. The van der Waals surface area contributed by atoms with Crippen molar-refractivity contribution in [2.24, 2.45) is 0 Å². The molecule has 0 bridgehead atoms. The molecule has 0 aliphatic heterocycles. The van der Waals surface area contributed by atoms with Gasteiger partial charge >= 0.3 is 0 Å². The summed E-state index contributed by atoms with van der Waals surface area (Å²) in [5.74, 6) is -0.154. The molecule has 0 aliphatic carbocycles. The van der Waals surface area contributed by atoms with Crippen molar-refractivity contribution >= 4 is 33.2 Å². The van der Waals surface area contributed by atoms with Crippen molar-refractivity contribution < 1.29 is 4.79 Å². The van der Waals surface area contributed by atoms with Gasteiger partial charge in [0.15, 0.2) is 0 Å². The van der Waals surface area contributed by atoms with Crippen LogP contribution in [0.4, 0.5) is 11.4 Å². The van der Waals surface area contributed by atoms with Crippen LogP contribution in [-0.4, -0.2) is 5.91 Å². The van der Waals surface area contributed by atoms with E-state index in [0.717, 1.165) is 21.2 Å². The van der Waals surface area contributed by atoms with E-state index in [1.807, 2.05) is 45.0 Å². The minimum atomic E-state index is -0.154. The van der Waals surface area contributed by atoms with E-state index in [-0.39, 0.29) is 5.91 Å². The predicted molar refractivity (Wildman–Crippen MR) is 87.2 cm³/mol. The number of carbonyl (C=O) groups excluding carboxylic acids is 1. The van der Waals surface area contributed by atoms with Gasteiger partial charge in [0.2, 0.25) is 0 Å². The van der Waals surface area contributed by atoms with E-state index < -0.39 is 0 Å². The molecular weight excluding hydrogens is 316 g/mol. The van der Waals surface area contributed by atoms with Gasteiger partial charge in [-0.2, -0.15) is 0 Å². The Balaban J connectivity index is 2.33. The Hall–Kier alpha value is -1.81. The third kappa shape index (κ3) is 2.85. The van der Waals surface area contributed by atoms with Crippen molar-refractivity contribution in [2.75, 3.05) is 11.1 Å².